The largest absolute Gasteiger partial charge is 0.497 e. The number of para-hydroxylation sites is 1. The minimum atomic E-state index is -0.106. The zero-order valence-electron chi connectivity index (χ0n) is 17.2. The first kappa shape index (κ1) is 18.9. The second kappa shape index (κ2) is 7.61. The van der Waals surface area contributed by atoms with Gasteiger partial charge in [0.25, 0.3) is 0 Å². The number of carbonyl (C=O) groups is 1. The van der Waals surface area contributed by atoms with Crippen molar-refractivity contribution in [2.75, 3.05) is 14.2 Å². The summed E-state index contributed by atoms with van der Waals surface area (Å²) < 4.78 is 11.0. The predicted molar refractivity (Wildman–Crippen MR) is 122 cm³/mol. The minimum Gasteiger partial charge on any atom is -0.497 e. The Balaban J connectivity index is 1.87. The van der Waals surface area contributed by atoms with Crippen LogP contribution in [0.15, 0.2) is 79.0 Å². The number of aromatic amines is 1. The van der Waals surface area contributed by atoms with Gasteiger partial charge >= 0.3 is 0 Å². The standard InChI is InChI=1S/C26H20N2O3/c1-30-17-12-13-22(31-2)19(14-17)24-23(26(29)16-8-4-3-5-9-16)25-20(15-27-24)18-10-6-7-11-21(18)28-25/h3-15,28H,1-2H3. The van der Waals surface area contributed by atoms with Crippen LogP contribution in [0.2, 0.25) is 0 Å². The molecule has 5 rings (SSSR count). The van der Waals surface area contributed by atoms with Crippen molar-refractivity contribution in [1.82, 2.24) is 9.97 Å². The number of benzene rings is 3. The van der Waals surface area contributed by atoms with E-state index in [2.05, 4.69) is 4.98 Å². The first-order chi connectivity index (χ1) is 15.2. The van der Waals surface area contributed by atoms with Crippen molar-refractivity contribution in [2.24, 2.45) is 0 Å². The molecule has 1 N–H and O–H groups in total. The van der Waals surface area contributed by atoms with E-state index >= 15 is 0 Å². The van der Waals surface area contributed by atoms with Gasteiger partial charge in [0.05, 0.1) is 31.0 Å². The number of nitrogens with zero attached hydrogens (tertiary/aromatic N) is 1. The molecule has 5 heteroatoms. The highest BCUT2D eigenvalue weighted by Gasteiger charge is 2.24. The molecule has 3 aromatic carbocycles. The summed E-state index contributed by atoms with van der Waals surface area (Å²) in [4.78, 5) is 21.9. The third-order valence-corrected chi connectivity index (χ3v) is 5.48. The maximum absolute atomic E-state index is 13.8. The number of hydrogen-bond donors (Lipinski definition) is 1. The summed E-state index contributed by atoms with van der Waals surface area (Å²) in [6.07, 6.45) is 1.81. The summed E-state index contributed by atoms with van der Waals surface area (Å²) in [5.41, 5.74) is 4.05. The number of methoxy groups -OCH3 is 2. The van der Waals surface area contributed by atoms with Crippen LogP contribution in [0.3, 0.4) is 0 Å². The molecule has 0 aliphatic rings. The van der Waals surface area contributed by atoms with Crippen LogP contribution >= 0.6 is 0 Å². The molecule has 0 saturated carbocycles. The lowest BCUT2D eigenvalue weighted by Crippen LogP contribution is -2.07. The fourth-order valence-electron chi connectivity index (χ4n) is 3.97. The van der Waals surface area contributed by atoms with Crippen LogP contribution in [-0.2, 0) is 0 Å². The van der Waals surface area contributed by atoms with Crippen LogP contribution < -0.4 is 9.47 Å². The van der Waals surface area contributed by atoms with Crippen LogP contribution in [-0.4, -0.2) is 30.0 Å². The van der Waals surface area contributed by atoms with Gasteiger partial charge in [-0.05, 0) is 24.3 Å². The Labute approximate surface area is 179 Å². The number of nitrogens with one attached hydrogen (secondary N) is 1. The van der Waals surface area contributed by atoms with Crippen molar-refractivity contribution in [3.8, 4) is 22.8 Å². The van der Waals surface area contributed by atoms with E-state index in [1.807, 2.05) is 79.0 Å². The van der Waals surface area contributed by atoms with Gasteiger partial charge in [-0.25, -0.2) is 0 Å². The molecule has 0 aliphatic carbocycles. The van der Waals surface area contributed by atoms with E-state index in [0.29, 0.717) is 33.9 Å². The Kier molecular flexibility index (Phi) is 4.64. The first-order valence-corrected chi connectivity index (χ1v) is 9.93. The molecule has 31 heavy (non-hydrogen) atoms. The molecule has 0 bridgehead atoms. The molecule has 0 spiro atoms. The number of carbonyl (C=O) groups excluding carboxylic acids is 1. The molecule has 0 atom stereocenters. The Hall–Kier alpha value is -4.12. The zero-order chi connectivity index (χ0) is 21.4. The summed E-state index contributed by atoms with van der Waals surface area (Å²) in [7, 11) is 3.21. The summed E-state index contributed by atoms with van der Waals surface area (Å²) in [6, 6.07) is 22.7. The minimum absolute atomic E-state index is 0.106. The summed E-state index contributed by atoms with van der Waals surface area (Å²) >= 11 is 0. The van der Waals surface area contributed by atoms with Crippen LogP contribution in [0.1, 0.15) is 15.9 Å². The van der Waals surface area contributed by atoms with Crippen molar-refractivity contribution in [3.63, 3.8) is 0 Å². The molecule has 0 unspecified atom stereocenters. The summed E-state index contributed by atoms with van der Waals surface area (Å²) in [5, 5.41) is 1.93. The molecule has 0 fully saturated rings. The van der Waals surface area contributed by atoms with E-state index in [-0.39, 0.29) is 5.78 Å². The van der Waals surface area contributed by atoms with Gasteiger partial charge in [0.15, 0.2) is 5.78 Å². The van der Waals surface area contributed by atoms with Crippen molar-refractivity contribution < 1.29 is 14.3 Å². The van der Waals surface area contributed by atoms with Gasteiger partial charge in [0, 0.05) is 33.6 Å². The molecule has 0 radical (unpaired) electrons. The van der Waals surface area contributed by atoms with Crippen LogP contribution in [0, 0.1) is 0 Å². The van der Waals surface area contributed by atoms with Crippen LogP contribution in [0.25, 0.3) is 33.1 Å². The molecule has 0 saturated heterocycles. The lowest BCUT2D eigenvalue weighted by atomic mass is 9.95. The fraction of sp³-hybridized carbons (Fsp3) is 0.0769. The topological polar surface area (TPSA) is 64.2 Å². The molecule has 2 heterocycles. The van der Waals surface area contributed by atoms with Crippen LogP contribution in [0.5, 0.6) is 11.5 Å². The Morgan fingerprint density at radius 3 is 2.42 bits per heavy atom. The lowest BCUT2D eigenvalue weighted by Gasteiger charge is -2.14. The fourth-order valence-corrected chi connectivity index (χ4v) is 3.97. The van der Waals surface area contributed by atoms with Crippen molar-refractivity contribution in [3.05, 3.63) is 90.1 Å². The zero-order valence-corrected chi connectivity index (χ0v) is 17.2. The normalized spacial score (nSPS) is 11.0. The highest BCUT2D eigenvalue weighted by atomic mass is 16.5. The van der Waals surface area contributed by atoms with E-state index in [0.717, 1.165) is 21.8 Å². The molecule has 2 aromatic heterocycles. The molecule has 5 aromatic rings. The average Bonchev–Trinajstić information content (AvgIpc) is 3.22. The van der Waals surface area contributed by atoms with Crippen molar-refractivity contribution in [1.29, 1.82) is 0 Å². The maximum atomic E-state index is 13.8. The number of ether oxygens (including phenoxy) is 2. The molecular formula is C26H20N2O3. The summed E-state index contributed by atoms with van der Waals surface area (Å²) in [6.45, 7) is 0. The smallest absolute Gasteiger partial charge is 0.197 e. The Morgan fingerprint density at radius 1 is 0.871 bits per heavy atom. The first-order valence-electron chi connectivity index (χ1n) is 9.93. The van der Waals surface area contributed by atoms with Gasteiger partial charge < -0.3 is 14.5 Å². The van der Waals surface area contributed by atoms with Crippen molar-refractivity contribution in [2.45, 2.75) is 0 Å². The monoisotopic (exact) mass is 408 g/mol. The van der Waals surface area contributed by atoms with E-state index in [9.17, 15) is 4.79 Å². The number of fused-ring (bicyclic) bond motifs is 3. The number of aromatic nitrogens is 2. The molecule has 5 nitrogen and oxygen atoms in total. The van der Waals surface area contributed by atoms with Gasteiger partial charge in [0.2, 0.25) is 0 Å². The van der Waals surface area contributed by atoms with Gasteiger partial charge in [-0.15, -0.1) is 0 Å². The average molecular weight is 408 g/mol. The molecule has 152 valence electrons. The second-order valence-corrected chi connectivity index (χ2v) is 7.20. The van der Waals surface area contributed by atoms with Gasteiger partial charge in [-0.1, -0.05) is 48.5 Å². The van der Waals surface area contributed by atoms with E-state index in [1.165, 1.54) is 0 Å². The third-order valence-electron chi connectivity index (χ3n) is 5.48. The van der Waals surface area contributed by atoms with Gasteiger partial charge in [-0.3, -0.25) is 9.78 Å². The molecule has 0 amide bonds. The Bertz CT molecular complexity index is 1420. The van der Waals surface area contributed by atoms with Crippen molar-refractivity contribution >= 4 is 27.6 Å². The number of rotatable bonds is 5. The lowest BCUT2D eigenvalue weighted by molar-refractivity contribution is 0.104. The summed E-state index contributed by atoms with van der Waals surface area (Å²) in [5.74, 6) is 1.17. The molecule has 0 aliphatic heterocycles. The predicted octanol–water partition coefficient (Wildman–Crippen LogP) is 5.63. The van der Waals surface area contributed by atoms with Gasteiger partial charge in [-0.2, -0.15) is 0 Å². The van der Waals surface area contributed by atoms with E-state index < -0.39 is 0 Å². The second-order valence-electron chi connectivity index (χ2n) is 7.20. The van der Waals surface area contributed by atoms with E-state index in [4.69, 9.17) is 14.5 Å². The number of hydrogen-bond acceptors (Lipinski definition) is 4. The maximum Gasteiger partial charge on any atom is 0.197 e. The van der Waals surface area contributed by atoms with Crippen LogP contribution in [0.4, 0.5) is 0 Å². The van der Waals surface area contributed by atoms with E-state index in [1.54, 1.807) is 14.2 Å². The Morgan fingerprint density at radius 2 is 1.65 bits per heavy atom. The SMILES string of the molecule is COc1ccc(OC)c(-c2ncc3c([nH]c4ccccc43)c2C(=O)c2ccccc2)c1. The third kappa shape index (κ3) is 3.11. The highest BCUT2D eigenvalue weighted by molar-refractivity contribution is 6.22. The highest BCUT2D eigenvalue weighted by Crippen LogP contribution is 2.38. The quantitative estimate of drug-likeness (QED) is 0.383. The molecular weight excluding hydrogens is 388 g/mol. The van der Waals surface area contributed by atoms with Gasteiger partial charge in [0.1, 0.15) is 11.5 Å². The number of ketones is 1. The number of H-pyrrole nitrogens is 1. The number of pyridine rings is 1.